The number of aliphatic hydroxyl groups excluding tert-OH is 1. The Labute approximate surface area is 236 Å². The van der Waals surface area contributed by atoms with Crippen molar-refractivity contribution in [3.05, 3.63) is 65.7 Å². The number of carboxylic acids is 1. The second-order valence-electron chi connectivity index (χ2n) is 9.52. The number of nitrogens with one attached hydrogen (secondary N) is 1. The molecule has 0 unspecified atom stereocenters. The SMILES string of the molecule is COc1cc(CNc2ncnc3c2ncn3[C@H]2CN(Cc3ccc(C(=O)O)cc3)C[C@@H](CO)O2)cc(OC)c1OC. The summed E-state index contributed by atoms with van der Waals surface area (Å²) in [6.45, 7) is 1.88. The van der Waals surface area contributed by atoms with Crippen LogP contribution in [0.2, 0.25) is 0 Å². The van der Waals surface area contributed by atoms with Crippen LogP contribution in [0.1, 0.15) is 27.7 Å². The van der Waals surface area contributed by atoms with Crippen LogP contribution in [0.3, 0.4) is 0 Å². The van der Waals surface area contributed by atoms with Crippen LogP contribution in [0.25, 0.3) is 11.2 Å². The Morgan fingerprint density at radius 3 is 2.39 bits per heavy atom. The Morgan fingerprint density at radius 2 is 1.76 bits per heavy atom. The van der Waals surface area contributed by atoms with Crippen molar-refractivity contribution in [3.63, 3.8) is 0 Å². The molecule has 1 aliphatic heterocycles. The van der Waals surface area contributed by atoms with Gasteiger partial charge in [-0.25, -0.2) is 19.7 Å². The fraction of sp³-hybridized carbons (Fsp3) is 0.357. The van der Waals surface area contributed by atoms with Crippen molar-refractivity contribution < 1.29 is 34.0 Å². The van der Waals surface area contributed by atoms with Crippen molar-refractivity contribution in [1.82, 2.24) is 24.4 Å². The minimum atomic E-state index is -0.963. The first-order valence-corrected chi connectivity index (χ1v) is 12.9. The van der Waals surface area contributed by atoms with Crippen LogP contribution in [-0.2, 0) is 17.8 Å². The van der Waals surface area contributed by atoms with Crippen LogP contribution >= 0.6 is 0 Å². The second kappa shape index (κ2) is 12.4. The highest BCUT2D eigenvalue weighted by Crippen LogP contribution is 2.38. The summed E-state index contributed by atoms with van der Waals surface area (Å²) in [7, 11) is 4.70. The van der Waals surface area contributed by atoms with E-state index in [2.05, 4.69) is 25.2 Å². The average Bonchev–Trinajstić information content (AvgIpc) is 3.44. The van der Waals surface area contributed by atoms with Crippen LogP contribution in [0, 0.1) is 0 Å². The molecule has 0 spiro atoms. The van der Waals surface area contributed by atoms with E-state index >= 15 is 0 Å². The van der Waals surface area contributed by atoms with Gasteiger partial charge in [0.2, 0.25) is 5.75 Å². The molecule has 1 saturated heterocycles. The van der Waals surface area contributed by atoms with Crippen LogP contribution in [0.4, 0.5) is 5.82 Å². The number of anilines is 1. The van der Waals surface area contributed by atoms with Gasteiger partial charge in [0.15, 0.2) is 28.5 Å². The first-order valence-electron chi connectivity index (χ1n) is 12.9. The molecule has 0 bridgehead atoms. The lowest BCUT2D eigenvalue weighted by Gasteiger charge is -2.37. The zero-order chi connectivity index (χ0) is 28.9. The topological polar surface area (TPSA) is 153 Å². The molecule has 4 aromatic rings. The Bertz CT molecular complexity index is 1480. The Balaban J connectivity index is 1.34. The summed E-state index contributed by atoms with van der Waals surface area (Å²) in [6.07, 6.45) is 2.26. The van der Waals surface area contributed by atoms with E-state index in [1.54, 1.807) is 51.9 Å². The first-order chi connectivity index (χ1) is 19.9. The minimum Gasteiger partial charge on any atom is -0.493 e. The number of aromatic nitrogens is 4. The molecule has 41 heavy (non-hydrogen) atoms. The number of ether oxygens (including phenoxy) is 4. The number of carboxylic acid groups (broad SMARTS) is 1. The molecule has 3 heterocycles. The van der Waals surface area contributed by atoms with Crippen molar-refractivity contribution in [1.29, 1.82) is 0 Å². The zero-order valence-corrected chi connectivity index (χ0v) is 23.0. The minimum absolute atomic E-state index is 0.145. The second-order valence-corrected chi connectivity index (χ2v) is 9.52. The van der Waals surface area contributed by atoms with Gasteiger partial charge in [0.05, 0.1) is 45.9 Å². The van der Waals surface area contributed by atoms with E-state index in [0.29, 0.717) is 60.4 Å². The number of rotatable bonds is 11. The Morgan fingerprint density at radius 1 is 1.02 bits per heavy atom. The lowest BCUT2D eigenvalue weighted by molar-refractivity contribution is -0.135. The summed E-state index contributed by atoms with van der Waals surface area (Å²) in [4.78, 5) is 26.8. The molecule has 2 atom stereocenters. The number of fused-ring (bicyclic) bond motifs is 1. The van der Waals surface area contributed by atoms with Crippen molar-refractivity contribution in [3.8, 4) is 17.2 Å². The lowest BCUT2D eigenvalue weighted by Crippen LogP contribution is -2.46. The standard InChI is InChI=1S/C28H32N6O7/c1-38-21-8-18(9-22(39-2)25(21)40-3)10-29-26-24-27(31-15-30-26)34(16-32-24)23-13-33(12-20(14-35)41-23)11-17-4-6-19(7-5-17)28(36)37/h4-9,15-16,20,23,35H,10-14H2,1-3H3,(H,36,37)(H,29,30,31)/t20-,23+/m0/s1. The highest BCUT2D eigenvalue weighted by atomic mass is 16.5. The van der Waals surface area contributed by atoms with Crippen LogP contribution in [-0.4, -0.2) is 87.7 Å². The van der Waals surface area contributed by atoms with E-state index in [1.807, 2.05) is 16.7 Å². The molecule has 0 saturated carbocycles. The van der Waals surface area contributed by atoms with Crippen LogP contribution in [0.15, 0.2) is 49.1 Å². The maximum absolute atomic E-state index is 11.2. The molecular weight excluding hydrogens is 532 g/mol. The van der Waals surface area contributed by atoms with Crippen LogP contribution in [0.5, 0.6) is 17.2 Å². The highest BCUT2D eigenvalue weighted by molar-refractivity contribution is 5.87. The molecule has 1 aliphatic rings. The number of methoxy groups -OCH3 is 3. The summed E-state index contributed by atoms with van der Waals surface area (Å²) in [5, 5.41) is 22.4. The van der Waals surface area contributed by atoms with E-state index < -0.39 is 18.3 Å². The molecule has 2 aromatic carbocycles. The summed E-state index contributed by atoms with van der Waals surface area (Å²) in [5.74, 6) is 1.20. The number of imidazole rings is 1. The number of hydrogen-bond donors (Lipinski definition) is 3. The zero-order valence-electron chi connectivity index (χ0n) is 23.0. The highest BCUT2D eigenvalue weighted by Gasteiger charge is 2.30. The van der Waals surface area contributed by atoms with E-state index in [9.17, 15) is 15.0 Å². The number of hydrogen-bond acceptors (Lipinski definition) is 11. The largest absolute Gasteiger partial charge is 0.493 e. The van der Waals surface area contributed by atoms with Gasteiger partial charge in [0, 0.05) is 26.2 Å². The maximum Gasteiger partial charge on any atom is 0.335 e. The third kappa shape index (κ3) is 6.01. The molecule has 5 rings (SSSR count). The third-order valence-electron chi connectivity index (χ3n) is 6.89. The van der Waals surface area contributed by atoms with E-state index in [4.69, 9.17) is 18.9 Å². The smallest absolute Gasteiger partial charge is 0.335 e. The van der Waals surface area contributed by atoms with Crippen molar-refractivity contribution in [2.24, 2.45) is 0 Å². The molecule has 0 aliphatic carbocycles. The van der Waals surface area contributed by atoms with Gasteiger partial charge in [-0.2, -0.15) is 0 Å². The molecule has 2 aromatic heterocycles. The number of aliphatic hydroxyl groups is 1. The van der Waals surface area contributed by atoms with Gasteiger partial charge in [-0.15, -0.1) is 0 Å². The van der Waals surface area contributed by atoms with Gasteiger partial charge in [-0.05, 0) is 35.4 Å². The Hall–Kier alpha value is -4.46. The van der Waals surface area contributed by atoms with Crippen molar-refractivity contribution in [2.75, 3.05) is 46.3 Å². The molecular formula is C28H32N6O7. The van der Waals surface area contributed by atoms with Gasteiger partial charge < -0.3 is 34.5 Å². The van der Waals surface area contributed by atoms with E-state index in [0.717, 1.165) is 11.1 Å². The maximum atomic E-state index is 11.2. The first kappa shape index (κ1) is 28.1. The molecule has 0 radical (unpaired) electrons. The average molecular weight is 565 g/mol. The fourth-order valence-electron chi connectivity index (χ4n) is 4.90. The molecule has 13 heteroatoms. The molecule has 0 amide bonds. The monoisotopic (exact) mass is 564 g/mol. The van der Waals surface area contributed by atoms with Gasteiger partial charge >= 0.3 is 5.97 Å². The summed E-state index contributed by atoms with van der Waals surface area (Å²) in [6, 6.07) is 10.5. The number of carbonyl (C=O) groups is 1. The van der Waals surface area contributed by atoms with Gasteiger partial charge in [-0.1, -0.05) is 12.1 Å². The van der Waals surface area contributed by atoms with Crippen molar-refractivity contribution >= 4 is 23.0 Å². The summed E-state index contributed by atoms with van der Waals surface area (Å²) in [5.41, 5.74) is 3.25. The van der Waals surface area contributed by atoms with Gasteiger partial charge in [0.1, 0.15) is 12.6 Å². The predicted molar refractivity (Wildman–Crippen MR) is 148 cm³/mol. The van der Waals surface area contributed by atoms with Gasteiger partial charge in [-0.3, -0.25) is 9.47 Å². The molecule has 216 valence electrons. The van der Waals surface area contributed by atoms with E-state index in [-0.39, 0.29) is 12.2 Å². The number of morpholine rings is 1. The normalized spacial score (nSPS) is 17.4. The number of aromatic carboxylic acids is 1. The summed E-state index contributed by atoms with van der Waals surface area (Å²) >= 11 is 0. The van der Waals surface area contributed by atoms with Crippen LogP contribution < -0.4 is 19.5 Å². The lowest BCUT2D eigenvalue weighted by atomic mass is 10.1. The number of nitrogens with zero attached hydrogens (tertiary/aromatic N) is 5. The fourth-order valence-corrected chi connectivity index (χ4v) is 4.90. The molecule has 1 fully saturated rings. The summed E-state index contributed by atoms with van der Waals surface area (Å²) < 4.78 is 24.3. The van der Waals surface area contributed by atoms with Gasteiger partial charge in [0.25, 0.3) is 0 Å². The number of benzene rings is 2. The molecule has 3 N–H and O–H groups in total. The predicted octanol–water partition coefficient (Wildman–Crippen LogP) is 2.55. The van der Waals surface area contributed by atoms with Crippen molar-refractivity contribution in [2.45, 2.75) is 25.4 Å². The van der Waals surface area contributed by atoms with E-state index in [1.165, 1.54) is 6.33 Å². The molecule has 13 nitrogen and oxygen atoms in total. The quantitative estimate of drug-likeness (QED) is 0.245. The third-order valence-corrected chi connectivity index (χ3v) is 6.89. The Kier molecular flexibility index (Phi) is 8.47.